The highest BCUT2D eigenvalue weighted by molar-refractivity contribution is 7.99. The molecule has 2 atom stereocenters. The summed E-state index contributed by atoms with van der Waals surface area (Å²) in [7, 11) is 1.74. The van der Waals surface area contributed by atoms with Gasteiger partial charge in [-0.15, -0.1) is 35.0 Å². The molecule has 0 amide bonds. The Kier molecular flexibility index (Phi) is 4.61. The number of nitrogens with one attached hydrogen (secondary N) is 1. The molecular formula is C12H15Cl2NOS. The van der Waals surface area contributed by atoms with Gasteiger partial charge in [0.15, 0.2) is 0 Å². The number of rotatable bonds is 4. The molecule has 1 aromatic rings. The summed E-state index contributed by atoms with van der Waals surface area (Å²) >= 11 is 13.5. The van der Waals surface area contributed by atoms with Gasteiger partial charge in [0.1, 0.15) is 4.84 Å². The maximum Gasteiger partial charge on any atom is 0.125 e. The zero-order valence-electron chi connectivity index (χ0n) is 9.49. The number of thioether (sulfide) groups is 1. The van der Waals surface area contributed by atoms with Crippen LogP contribution in [0.1, 0.15) is 17.2 Å². The van der Waals surface area contributed by atoms with Gasteiger partial charge in [-0.3, -0.25) is 0 Å². The van der Waals surface area contributed by atoms with Crippen molar-refractivity contribution in [1.82, 2.24) is 5.32 Å². The van der Waals surface area contributed by atoms with E-state index in [1.54, 1.807) is 7.05 Å². The number of hydrogen-bond donors (Lipinski definition) is 2. The number of benzene rings is 1. The van der Waals surface area contributed by atoms with Crippen LogP contribution in [-0.4, -0.2) is 28.8 Å². The molecule has 0 saturated carbocycles. The molecule has 1 heterocycles. The standard InChI is InChI=1S/C12H15Cl2NOS/c1-15-10(12(13)14)11(16)8-3-2-7-4-5-17-9(7)6-8/h2-3,6,10-12,15-16H,4-5H2,1H3. The van der Waals surface area contributed by atoms with Gasteiger partial charge in [-0.2, -0.15) is 0 Å². The topological polar surface area (TPSA) is 32.3 Å². The second kappa shape index (κ2) is 5.81. The van der Waals surface area contributed by atoms with Crippen molar-refractivity contribution in [3.05, 3.63) is 29.3 Å². The Morgan fingerprint density at radius 2 is 2.18 bits per heavy atom. The molecule has 17 heavy (non-hydrogen) atoms. The zero-order chi connectivity index (χ0) is 12.4. The molecule has 1 aromatic carbocycles. The molecule has 0 spiro atoms. The first kappa shape index (κ1) is 13.5. The van der Waals surface area contributed by atoms with Crippen LogP contribution in [0.25, 0.3) is 0 Å². The van der Waals surface area contributed by atoms with E-state index >= 15 is 0 Å². The van der Waals surface area contributed by atoms with E-state index in [0.29, 0.717) is 0 Å². The molecule has 1 aliphatic heterocycles. The monoisotopic (exact) mass is 291 g/mol. The van der Waals surface area contributed by atoms with Crippen LogP contribution in [0, 0.1) is 0 Å². The summed E-state index contributed by atoms with van der Waals surface area (Å²) in [6.07, 6.45) is 0.422. The third kappa shape index (κ3) is 2.91. The van der Waals surface area contributed by atoms with Gasteiger partial charge in [0.05, 0.1) is 12.1 Å². The molecule has 0 aromatic heterocycles. The van der Waals surface area contributed by atoms with Crippen molar-refractivity contribution in [2.75, 3.05) is 12.8 Å². The molecule has 0 bridgehead atoms. The van der Waals surface area contributed by atoms with Gasteiger partial charge in [-0.05, 0) is 30.7 Å². The molecule has 0 fully saturated rings. The lowest BCUT2D eigenvalue weighted by molar-refractivity contribution is 0.137. The van der Waals surface area contributed by atoms with Crippen LogP contribution >= 0.6 is 35.0 Å². The number of fused-ring (bicyclic) bond motifs is 1. The molecule has 94 valence electrons. The number of alkyl halides is 2. The van der Waals surface area contributed by atoms with Gasteiger partial charge in [0.25, 0.3) is 0 Å². The molecule has 0 saturated heterocycles. The largest absolute Gasteiger partial charge is 0.387 e. The van der Waals surface area contributed by atoms with Gasteiger partial charge in [-0.1, -0.05) is 12.1 Å². The Bertz CT molecular complexity index is 400. The molecule has 2 rings (SSSR count). The first-order valence-electron chi connectivity index (χ1n) is 5.52. The van der Waals surface area contributed by atoms with Crippen LogP contribution in [0.4, 0.5) is 0 Å². The summed E-state index contributed by atoms with van der Waals surface area (Å²) in [6.45, 7) is 0. The summed E-state index contributed by atoms with van der Waals surface area (Å²) in [5.41, 5.74) is 2.23. The summed E-state index contributed by atoms with van der Waals surface area (Å²) in [4.78, 5) is 0.619. The van der Waals surface area contributed by atoms with E-state index in [2.05, 4.69) is 11.4 Å². The van der Waals surface area contributed by atoms with Gasteiger partial charge in [-0.25, -0.2) is 0 Å². The highest BCUT2D eigenvalue weighted by Gasteiger charge is 2.26. The predicted octanol–water partition coefficient (Wildman–Crippen LogP) is 2.76. The number of hydrogen-bond acceptors (Lipinski definition) is 3. The van der Waals surface area contributed by atoms with E-state index in [9.17, 15) is 5.11 Å². The molecule has 5 heteroatoms. The Morgan fingerprint density at radius 1 is 1.41 bits per heavy atom. The van der Waals surface area contributed by atoms with Crippen molar-refractivity contribution in [3.8, 4) is 0 Å². The number of aryl methyl sites for hydroxylation is 1. The molecule has 2 unspecified atom stereocenters. The summed E-state index contributed by atoms with van der Waals surface area (Å²) < 4.78 is 0. The Hall–Kier alpha value is 0.0700. The van der Waals surface area contributed by atoms with E-state index in [1.165, 1.54) is 10.5 Å². The fraction of sp³-hybridized carbons (Fsp3) is 0.500. The van der Waals surface area contributed by atoms with Crippen LogP contribution in [0.2, 0.25) is 0 Å². The lowest BCUT2D eigenvalue weighted by Crippen LogP contribution is -2.37. The Balaban J connectivity index is 2.21. The van der Waals surface area contributed by atoms with Crippen molar-refractivity contribution in [2.45, 2.75) is 28.3 Å². The van der Waals surface area contributed by atoms with Gasteiger partial charge in [0, 0.05) is 10.6 Å². The Labute approximate surface area is 116 Å². The van der Waals surface area contributed by atoms with Crippen LogP contribution in [-0.2, 0) is 6.42 Å². The summed E-state index contributed by atoms with van der Waals surface area (Å²) in [5, 5.41) is 13.2. The van der Waals surface area contributed by atoms with Crippen molar-refractivity contribution < 1.29 is 5.11 Å². The average Bonchev–Trinajstić information content (AvgIpc) is 2.75. The minimum Gasteiger partial charge on any atom is -0.387 e. The van der Waals surface area contributed by atoms with E-state index in [-0.39, 0.29) is 6.04 Å². The predicted molar refractivity (Wildman–Crippen MR) is 74.2 cm³/mol. The van der Waals surface area contributed by atoms with E-state index in [1.807, 2.05) is 23.9 Å². The van der Waals surface area contributed by atoms with Crippen LogP contribution < -0.4 is 5.32 Å². The fourth-order valence-corrected chi connectivity index (χ4v) is 3.64. The number of aliphatic hydroxyl groups is 1. The quantitative estimate of drug-likeness (QED) is 0.837. The first-order valence-corrected chi connectivity index (χ1v) is 7.38. The minimum atomic E-state index is -0.688. The van der Waals surface area contributed by atoms with Crippen molar-refractivity contribution >= 4 is 35.0 Å². The van der Waals surface area contributed by atoms with Crippen molar-refractivity contribution in [1.29, 1.82) is 0 Å². The maximum absolute atomic E-state index is 10.2. The average molecular weight is 292 g/mol. The Morgan fingerprint density at radius 3 is 2.82 bits per heavy atom. The van der Waals surface area contributed by atoms with Crippen LogP contribution in [0.3, 0.4) is 0 Å². The highest BCUT2D eigenvalue weighted by Crippen LogP contribution is 2.34. The number of likely N-dealkylation sites (N-methyl/N-ethyl adjacent to an activating group) is 1. The number of aliphatic hydroxyl groups excluding tert-OH is 1. The molecule has 2 nitrogen and oxygen atoms in total. The van der Waals surface area contributed by atoms with Crippen molar-refractivity contribution in [2.24, 2.45) is 0 Å². The maximum atomic E-state index is 10.2. The second-order valence-electron chi connectivity index (χ2n) is 4.06. The summed E-state index contributed by atoms with van der Waals surface area (Å²) in [5.74, 6) is 1.12. The van der Waals surface area contributed by atoms with E-state index in [0.717, 1.165) is 17.7 Å². The van der Waals surface area contributed by atoms with Crippen LogP contribution in [0.5, 0.6) is 0 Å². The van der Waals surface area contributed by atoms with E-state index in [4.69, 9.17) is 23.2 Å². The summed E-state index contributed by atoms with van der Waals surface area (Å²) in [6, 6.07) is 5.72. The SMILES string of the molecule is CNC(C(Cl)Cl)C(O)c1ccc2c(c1)SCC2. The fourth-order valence-electron chi connectivity index (χ4n) is 2.00. The van der Waals surface area contributed by atoms with Gasteiger partial charge in [0.2, 0.25) is 0 Å². The highest BCUT2D eigenvalue weighted by atomic mass is 35.5. The van der Waals surface area contributed by atoms with Gasteiger partial charge >= 0.3 is 0 Å². The van der Waals surface area contributed by atoms with Gasteiger partial charge < -0.3 is 10.4 Å². The lowest BCUT2D eigenvalue weighted by Gasteiger charge is -2.24. The normalized spacial score (nSPS) is 18.2. The smallest absolute Gasteiger partial charge is 0.125 e. The zero-order valence-corrected chi connectivity index (χ0v) is 11.8. The minimum absolute atomic E-state index is 0.359. The second-order valence-corrected chi connectivity index (χ2v) is 6.36. The van der Waals surface area contributed by atoms with Crippen molar-refractivity contribution in [3.63, 3.8) is 0 Å². The third-order valence-corrected chi connectivity index (χ3v) is 4.65. The molecular weight excluding hydrogens is 277 g/mol. The van der Waals surface area contributed by atoms with E-state index < -0.39 is 10.9 Å². The molecule has 0 aliphatic carbocycles. The first-order chi connectivity index (χ1) is 8.13. The molecule has 2 N–H and O–H groups in total. The molecule has 0 radical (unpaired) electrons. The third-order valence-electron chi connectivity index (χ3n) is 3.01. The van der Waals surface area contributed by atoms with Crippen LogP contribution in [0.15, 0.2) is 23.1 Å². The molecule has 1 aliphatic rings. The number of halogens is 2. The lowest BCUT2D eigenvalue weighted by atomic mass is 10.0.